The molecule has 5 heteroatoms. The lowest BCUT2D eigenvalue weighted by molar-refractivity contribution is -0.111. The predicted molar refractivity (Wildman–Crippen MR) is 63.9 cm³/mol. The fraction of sp³-hybridized carbons (Fsp3) is 0.308. The van der Waals surface area contributed by atoms with E-state index in [1.165, 1.54) is 6.08 Å². The fourth-order valence-electron chi connectivity index (χ4n) is 2.23. The number of morpholine rings is 1. The summed E-state index contributed by atoms with van der Waals surface area (Å²) >= 11 is 0. The van der Waals surface area contributed by atoms with Crippen molar-refractivity contribution in [2.45, 2.75) is 0 Å². The number of ketones is 2. The van der Waals surface area contributed by atoms with Gasteiger partial charge in [-0.3, -0.25) is 14.6 Å². The number of rotatable bonds is 1. The van der Waals surface area contributed by atoms with E-state index < -0.39 is 11.6 Å². The molecule has 0 unspecified atom stereocenters. The van der Waals surface area contributed by atoms with Crippen molar-refractivity contribution in [3.63, 3.8) is 0 Å². The molecule has 3 rings (SSSR count). The second kappa shape index (κ2) is 4.34. The first-order valence-electron chi connectivity index (χ1n) is 5.86. The van der Waals surface area contributed by atoms with Crippen LogP contribution in [-0.4, -0.2) is 47.8 Å². The third kappa shape index (κ3) is 1.73. The molecule has 0 atom stereocenters. The van der Waals surface area contributed by atoms with Crippen molar-refractivity contribution in [3.8, 4) is 0 Å². The van der Waals surface area contributed by atoms with Crippen LogP contribution in [0.4, 0.5) is 0 Å². The van der Waals surface area contributed by atoms with Crippen LogP contribution < -0.4 is 0 Å². The van der Waals surface area contributed by atoms with Crippen LogP contribution in [0.25, 0.3) is 5.70 Å². The van der Waals surface area contributed by atoms with Gasteiger partial charge in [0.2, 0.25) is 11.6 Å². The maximum absolute atomic E-state index is 11.8. The number of hydrogen-bond donors (Lipinski definition) is 0. The molecule has 18 heavy (non-hydrogen) atoms. The Balaban J connectivity index is 2.05. The van der Waals surface area contributed by atoms with E-state index in [0.29, 0.717) is 37.6 Å². The summed E-state index contributed by atoms with van der Waals surface area (Å²) in [7, 11) is 0. The predicted octanol–water partition coefficient (Wildman–Crippen LogP) is 0.520. The molecule has 0 bridgehead atoms. The molecule has 0 saturated carbocycles. The van der Waals surface area contributed by atoms with Crippen LogP contribution in [0, 0.1) is 0 Å². The average Bonchev–Trinajstić information content (AvgIpc) is 2.44. The number of aromatic nitrogens is 1. The zero-order valence-electron chi connectivity index (χ0n) is 9.76. The molecule has 2 aliphatic rings. The first-order chi connectivity index (χ1) is 8.77. The summed E-state index contributed by atoms with van der Waals surface area (Å²) in [5.74, 6) is -0.952. The highest BCUT2D eigenvalue weighted by Crippen LogP contribution is 2.26. The molecule has 5 nitrogen and oxygen atoms in total. The Morgan fingerprint density at radius 2 is 2.00 bits per heavy atom. The normalized spacial score (nSPS) is 19.6. The van der Waals surface area contributed by atoms with Crippen molar-refractivity contribution in [2.24, 2.45) is 0 Å². The number of fused-ring (bicyclic) bond motifs is 1. The van der Waals surface area contributed by atoms with Gasteiger partial charge in [-0.15, -0.1) is 0 Å². The Morgan fingerprint density at radius 1 is 1.22 bits per heavy atom. The second-order valence-corrected chi connectivity index (χ2v) is 4.22. The zero-order chi connectivity index (χ0) is 12.5. The number of carbonyl (C=O) groups is 2. The number of carbonyl (C=O) groups excluding carboxylic acids is 2. The van der Waals surface area contributed by atoms with Crippen molar-refractivity contribution in [1.29, 1.82) is 0 Å². The Bertz CT molecular complexity index is 545. The molecular formula is C13H12N2O3. The summed E-state index contributed by atoms with van der Waals surface area (Å²) in [6.45, 7) is 2.68. The Hall–Kier alpha value is -2.01. The van der Waals surface area contributed by atoms with Crippen molar-refractivity contribution < 1.29 is 14.3 Å². The van der Waals surface area contributed by atoms with Crippen LogP contribution in [0.2, 0.25) is 0 Å². The van der Waals surface area contributed by atoms with Gasteiger partial charge in [-0.05, 0) is 12.1 Å². The molecule has 1 aromatic heterocycles. The van der Waals surface area contributed by atoms with E-state index in [4.69, 9.17) is 4.74 Å². The van der Waals surface area contributed by atoms with Gasteiger partial charge >= 0.3 is 0 Å². The van der Waals surface area contributed by atoms with Gasteiger partial charge in [0.15, 0.2) is 0 Å². The summed E-state index contributed by atoms with van der Waals surface area (Å²) in [6.07, 6.45) is 3.03. The number of Topliss-reactive ketones (excluding diaryl/α,β-unsaturated/α-hetero) is 1. The minimum atomic E-state index is -0.477. The summed E-state index contributed by atoms with van der Waals surface area (Å²) < 4.78 is 5.29. The molecule has 0 spiro atoms. The van der Waals surface area contributed by atoms with E-state index >= 15 is 0 Å². The van der Waals surface area contributed by atoms with Gasteiger partial charge in [-0.1, -0.05) is 0 Å². The van der Waals surface area contributed by atoms with Gasteiger partial charge in [0.1, 0.15) is 0 Å². The van der Waals surface area contributed by atoms with Gasteiger partial charge in [-0.2, -0.15) is 0 Å². The monoisotopic (exact) mass is 244 g/mol. The molecular weight excluding hydrogens is 232 g/mol. The molecule has 1 saturated heterocycles. The molecule has 1 fully saturated rings. The molecule has 0 amide bonds. The highest BCUT2D eigenvalue weighted by Gasteiger charge is 2.29. The fourth-order valence-corrected chi connectivity index (χ4v) is 2.23. The van der Waals surface area contributed by atoms with Crippen molar-refractivity contribution >= 4 is 17.3 Å². The highest BCUT2D eigenvalue weighted by molar-refractivity contribution is 6.50. The van der Waals surface area contributed by atoms with E-state index in [-0.39, 0.29) is 0 Å². The largest absolute Gasteiger partial charge is 0.378 e. The minimum Gasteiger partial charge on any atom is -0.378 e. The number of hydrogen-bond acceptors (Lipinski definition) is 5. The zero-order valence-corrected chi connectivity index (χ0v) is 9.76. The Kier molecular flexibility index (Phi) is 2.68. The number of allylic oxidation sites excluding steroid dienone is 1. The third-order valence-corrected chi connectivity index (χ3v) is 3.14. The smallest absolute Gasteiger partial charge is 0.235 e. The van der Waals surface area contributed by atoms with Crippen LogP contribution in [0.15, 0.2) is 24.4 Å². The lowest BCUT2D eigenvalue weighted by atomic mass is 9.96. The summed E-state index contributed by atoms with van der Waals surface area (Å²) in [5, 5.41) is 0. The molecule has 1 aliphatic heterocycles. The number of nitrogens with zero attached hydrogens (tertiary/aromatic N) is 2. The van der Waals surface area contributed by atoms with E-state index in [1.54, 1.807) is 18.3 Å². The Morgan fingerprint density at radius 3 is 2.78 bits per heavy atom. The molecule has 1 aromatic rings. The molecule has 1 aliphatic carbocycles. The second-order valence-electron chi connectivity index (χ2n) is 4.22. The van der Waals surface area contributed by atoms with Crippen LogP contribution in [-0.2, 0) is 9.53 Å². The molecule has 0 radical (unpaired) electrons. The van der Waals surface area contributed by atoms with Crippen molar-refractivity contribution in [3.05, 3.63) is 35.7 Å². The third-order valence-electron chi connectivity index (χ3n) is 3.14. The quantitative estimate of drug-likeness (QED) is 0.674. The summed E-state index contributed by atoms with van der Waals surface area (Å²) in [6, 6.07) is 3.32. The minimum absolute atomic E-state index is 0.395. The first-order valence-corrected chi connectivity index (χ1v) is 5.86. The molecule has 0 aromatic carbocycles. The standard InChI is InChI=1S/C13H12N2O3/c16-11-8-10(15-4-6-18-7-5-15)12-9(13(11)17)2-1-3-14-12/h1-3,8H,4-7H2. The van der Waals surface area contributed by atoms with Gasteiger partial charge in [0, 0.05) is 25.4 Å². The summed E-state index contributed by atoms with van der Waals surface area (Å²) in [4.78, 5) is 29.7. The number of ether oxygens (including phenoxy) is 1. The van der Waals surface area contributed by atoms with E-state index in [9.17, 15) is 9.59 Å². The molecule has 0 N–H and O–H groups in total. The summed E-state index contributed by atoms with van der Waals surface area (Å²) in [5.41, 5.74) is 1.73. The van der Waals surface area contributed by atoms with E-state index in [1.807, 2.05) is 4.90 Å². The maximum Gasteiger partial charge on any atom is 0.235 e. The lowest BCUT2D eigenvalue weighted by Gasteiger charge is -2.32. The van der Waals surface area contributed by atoms with Crippen LogP contribution in [0.1, 0.15) is 16.1 Å². The van der Waals surface area contributed by atoms with Gasteiger partial charge in [-0.25, -0.2) is 0 Å². The van der Waals surface area contributed by atoms with E-state index in [2.05, 4.69) is 4.98 Å². The lowest BCUT2D eigenvalue weighted by Crippen LogP contribution is -2.37. The van der Waals surface area contributed by atoms with Gasteiger partial charge < -0.3 is 9.64 Å². The average molecular weight is 244 g/mol. The molecule has 2 heterocycles. The number of pyridine rings is 1. The van der Waals surface area contributed by atoms with Crippen molar-refractivity contribution in [2.75, 3.05) is 26.3 Å². The SMILES string of the molecule is O=C1C=C(N2CCOCC2)c2ncccc2C1=O. The Labute approximate surface area is 104 Å². The van der Waals surface area contributed by atoms with Crippen LogP contribution >= 0.6 is 0 Å². The first kappa shape index (κ1) is 11.1. The van der Waals surface area contributed by atoms with Gasteiger partial charge in [0.05, 0.1) is 30.2 Å². The maximum atomic E-state index is 11.8. The van der Waals surface area contributed by atoms with Crippen molar-refractivity contribution in [1.82, 2.24) is 9.88 Å². The van der Waals surface area contributed by atoms with Gasteiger partial charge in [0.25, 0.3) is 0 Å². The van der Waals surface area contributed by atoms with Crippen LogP contribution in [0.3, 0.4) is 0 Å². The topological polar surface area (TPSA) is 59.5 Å². The van der Waals surface area contributed by atoms with E-state index in [0.717, 1.165) is 5.70 Å². The highest BCUT2D eigenvalue weighted by atomic mass is 16.5. The van der Waals surface area contributed by atoms with Crippen LogP contribution in [0.5, 0.6) is 0 Å². The molecule has 92 valence electrons.